The number of aromatic nitrogens is 3. The molecule has 1 N–H and O–H groups in total. The van der Waals surface area contributed by atoms with Gasteiger partial charge >= 0.3 is 0 Å². The van der Waals surface area contributed by atoms with Gasteiger partial charge in [-0.15, -0.1) is 10.2 Å². The van der Waals surface area contributed by atoms with E-state index in [2.05, 4.69) is 14.9 Å². The summed E-state index contributed by atoms with van der Waals surface area (Å²) < 4.78 is 21.3. The topological polar surface area (TPSA) is 91.4 Å². The highest BCUT2D eigenvalue weighted by Gasteiger charge is 2.27. The molecule has 0 unspecified atom stereocenters. The number of nitrogens with zero attached hydrogens (tertiary/aromatic N) is 3. The molecule has 0 spiro atoms. The standard InChI is InChI=1S/C23H22N4O4S/c1-15-12-13-19(31-15)21-24-25-22(23(28)26-32-14-16-8-5-4-6-9-16)27(21)20-17(29-2)10-7-11-18(20)30-3/h4-13H,14H2,1-3H3,(H,26,28). The maximum Gasteiger partial charge on any atom is 0.299 e. The van der Waals surface area contributed by atoms with Crippen LogP contribution in [0.15, 0.2) is 65.1 Å². The minimum atomic E-state index is -0.402. The van der Waals surface area contributed by atoms with Crippen LogP contribution in [0.5, 0.6) is 11.5 Å². The summed E-state index contributed by atoms with van der Waals surface area (Å²) in [6, 6.07) is 18.8. The van der Waals surface area contributed by atoms with Gasteiger partial charge in [0, 0.05) is 5.75 Å². The third-order valence-corrected chi connectivity index (χ3v) is 5.51. The van der Waals surface area contributed by atoms with Crippen molar-refractivity contribution in [3.8, 4) is 28.8 Å². The second-order valence-corrected chi connectivity index (χ2v) is 7.59. The number of carbonyl (C=O) groups is 1. The Kier molecular flexibility index (Phi) is 6.46. The molecule has 2 aromatic heterocycles. The normalized spacial score (nSPS) is 10.7. The Hall–Kier alpha value is -3.72. The highest BCUT2D eigenvalue weighted by atomic mass is 32.2. The molecule has 2 aromatic carbocycles. The van der Waals surface area contributed by atoms with Crippen LogP contribution in [-0.2, 0) is 5.75 Å². The number of rotatable bonds is 8. The number of para-hydroxylation sites is 1. The first-order valence-electron chi connectivity index (χ1n) is 9.82. The van der Waals surface area contributed by atoms with Gasteiger partial charge in [0.05, 0.1) is 14.2 Å². The first-order chi connectivity index (χ1) is 15.6. The lowest BCUT2D eigenvalue weighted by atomic mass is 10.2. The number of carbonyl (C=O) groups excluding carboxylic acids is 1. The van der Waals surface area contributed by atoms with Crippen molar-refractivity contribution < 1.29 is 18.7 Å². The zero-order chi connectivity index (χ0) is 22.5. The predicted octanol–water partition coefficient (Wildman–Crippen LogP) is 4.43. The molecule has 9 heteroatoms. The van der Waals surface area contributed by atoms with Crippen LogP contribution in [0.25, 0.3) is 17.3 Å². The van der Waals surface area contributed by atoms with Crippen LogP contribution in [0, 0.1) is 6.92 Å². The smallest absolute Gasteiger partial charge is 0.299 e. The molecule has 0 saturated heterocycles. The maximum absolute atomic E-state index is 13.1. The van der Waals surface area contributed by atoms with Gasteiger partial charge in [0.1, 0.15) is 22.9 Å². The molecular weight excluding hydrogens is 428 g/mol. The third kappa shape index (κ3) is 4.33. The van der Waals surface area contributed by atoms with E-state index in [1.54, 1.807) is 43.1 Å². The van der Waals surface area contributed by atoms with Crippen LogP contribution in [0.1, 0.15) is 21.9 Å². The number of aryl methyl sites for hydroxylation is 1. The number of methoxy groups -OCH3 is 2. The van der Waals surface area contributed by atoms with E-state index in [0.29, 0.717) is 40.3 Å². The number of hydrogen-bond donors (Lipinski definition) is 1. The van der Waals surface area contributed by atoms with Gasteiger partial charge < -0.3 is 13.9 Å². The quantitative estimate of drug-likeness (QED) is 0.397. The number of hydrogen-bond acceptors (Lipinski definition) is 7. The molecule has 4 rings (SSSR count). The number of benzene rings is 2. The number of amides is 1. The number of nitrogens with one attached hydrogen (secondary N) is 1. The van der Waals surface area contributed by atoms with Crippen LogP contribution < -0.4 is 14.2 Å². The highest BCUT2D eigenvalue weighted by Crippen LogP contribution is 2.36. The Labute approximate surface area is 189 Å². The third-order valence-electron chi connectivity index (χ3n) is 4.70. The summed E-state index contributed by atoms with van der Waals surface area (Å²) in [5.74, 6) is 2.84. The molecule has 4 aromatic rings. The monoisotopic (exact) mass is 450 g/mol. The molecular formula is C23H22N4O4S. The Bertz CT molecular complexity index is 1200. The van der Waals surface area contributed by atoms with E-state index >= 15 is 0 Å². The van der Waals surface area contributed by atoms with Gasteiger partial charge in [-0.1, -0.05) is 36.4 Å². The molecule has 8 nitrogen and oxygen atoms in total. The van der Waals surface area contributed by atoms with Crippen molar-refractivity contribution in [1.82, 2.24) is 19.5 Å². The fourth-order valence-electron chi connectivity index (χ4n) is 3.21. The van der Waals surface area contributed by atoms with E-state index in [1.807, 2.05) is 43.3 Å². The van der Waals surface area contributed by atoms with Gasteiger partial charge in [0.25, 0.3) is 5.91 Å². The van der Waals surface area contributed by atoms with E-state index in [1.165, 1.54) is 11.9 Å². The molecule has 164 valence electrons. The Morgan fingerprint density at radius 3 is 2.34 bits per heavy atom. The molecule has 0 aliphatic rings. The second kappa shape index (κ2) is 9.61. The molecule has 0 saturated carbocycles. The van der Waals surface area contributed by atoms with Gasteiger partial charge in [0.2, 0.25) is 11.6 Å². The molecule has 0 fully saturated rings. The molecule has 0 aliphatic heterocycles. The van der Waals surface area contributed by atoms with E-state index in [0.717, 1.165) is 5.56 Å². The van der Waals surface area contributed by atoms with Crippen molar-refractivity contribution >= 4 is 17.9 Å². The van der Waals surface area contributed by atoms with Crippen LogP contribution in [0.2, 0.25) is 0 Å². The molecule has 0 bridgehead atoms. The summed E-state index contributed by atoms with van der Waals surface area (Å²) in [4.78, 5) is 13.1. The lowest BCUT2D eigenvalue weighted by Gasteiger charge is -2.16. The van der Waals surface area contributed by atoms with Crippen molar-refractivity contribution in [1.29, 1.82) is 0 Å². The SMILES string of the molecule is COc1cccc(OC)c1-n1c(C(=O)NSCc2ccccc2)nnc1-c1ccc(C)o1. The number of ether oxygens (including phenoxy) is 2. The van der Waals surface area contributed by atoms with E-state index in [9.17, 15) is 4.79 Å². The summed E-state index contributed by atoms with van der Waals surface area (Å²) in [6.45, 7) is 1.84. The van der Waals surface area contributed by atoms with Crippen LogP contribution >= 0.6 is 11.9 Å². The fourth-order valence-corrected chi connectivity index (χ4v) is 3.87. The summed E-state index contributed by atoms with van der Waals surface area (Å²) in [5.41, 5.74) is 1.60. The molecule has 32 heavy (non-hydrogen) atoms. The Morgan fingerprint density at radius 1 is 1.00 bits per heavy atom. The lowest BCUT2D eigenvalue weighted by molar-refractivity contribution is 0.0972. The Morgan fingerprint density at radius 2 is 1.72 bits per heavy atom. The van der Waals surface area contributed by atoms with E-state index in [-0.39, 0.29) is 5.82 Å². The average Bonchev–Trinajstić information content (AvgIpc) is 3.45. The van der Waals surface area contributed by atoms with Crippen LogP contribution in [0.3, 0.4) is 0 Å². The first kappa shape index (κ1) is 21.5. The van der Waals surface area contributed by atoms with E-state index < -0.39 is 5.91 Å². The lowest BCUT2D eigenvalue weighted by Crippen LogP contribution is -2.21. The highest BCUT2D eigenvalue weighted by molar-refractivity contribution is 7.97. The zero-order valence-electron chi connectivity index (χ0n) is 17.9. The minimum Gasteiger partial charge on any atom is -0.494 e. The van der Waals surface area contributed by atoms with Gasteiger partial charge in [-0.3, -0.25) is 14.1 Å². The summed E-state index contributed by atoms with van der Waals surface area (Å²) in [6.07, 6.45) is 0. The van der Waals surface area contributed by atoms with Crippen molar-refractivity contribution in [3.05, 3.63) is 77.8 Å². The summed E-state index contributed by atoms with van der Waals surface area (Å²) >= 11 is 1.28. The van der Waals surface area contributed by atoms with Crippen molar-refractivity contribution in [3.63, 3.8) is 0 Å². The van der Waals surface area contributed by atoms with Gasteiger partial charge in [-0.2, -0.15) is 0 Å². The largest absolute Gasteiger partial charge is 0.494 e. The average molecular weight is 451 g/mol. The first-order valence-corrected chi connectivity index (χ1v) is 10.8. The molecule has 1 amide bonds. The molecule has 2 heterocycles. The van der Waals surface area contributed by atoms with Crippen molar-refractivity contribution in [2.45, 2.75) is 12.7 Å². The molecule has 0 radical (unpaired) electrons. The van der Waals surface area contributed by atoms with Gasteiger partial charge in [-0.05, 0) is 48.7 Å². The summed E-state index contributed by atoms with van der Waals surface area (Å²) in [5, 5.41) is 8.42. The second-order valence-electron chi connectivity index (χ2n) is 6.81. The van der Waals surface area contributed by atoms with Gasteiger partial charge in [0.15, 0.2) is 5.76 Å². The molecule has 0 atom stereocenters. The minimum absolute atomic E-state index is 0.0809. The Balaban J connectivity index is 1.74. The van der Waals surface area contributed by atoms with Crippen LogP contribution in [0.4, 0.5) is 0 Å². The number of furan rings is 1. The summed E-state index contributed by atoms with van der Waals surface area (Å²) in [7, 11) is 3.10. The maximum atomic E-state index is 13.1. The van der Waals surface area contributed by atoms with Crippen LogP contribution in [-0.4, -0.2) is 34.9 Å². The predicted molar refractivity (Wildman–Crippen MR) is 122 cm³/mol. The zero-order valence-corrected chi connectivity index (χ0v) is 18.7. The fraction of sp³-hybridized carbons (Fsp3) is 0.174. The van der Waals surface area contributed by atoms with Crippen molar-refractivity contribution in [2.75, 3.05) is 14.2 Å². The molecule has 0 aliphatic carbocycles. The van der Waals surface area contributed by atoms with Crippen molar-refractivity contribution in [2.24, 2.45) is 0 Å². The van der Waals surface area contributed by atoms with Gasteiger partial charge in [-0.25, -0.2) is 0 Å². The van der Waals surface area contributed by atoms with E-state index in [4.69, 9.17) is 13.9 Å².